The van der Waals surface area contributed by atoms with Crippen molar-refractivity contribution in [3.8, 4) is 0 Å². The number of fused-ring (bicyclic) bond motifs is 2. The highest BCUT2D eigenvalue weighted by atomic mass is 16.5. The van der Waals surface area contributed by atoms with Gasteiger partial charge in [0.15, 0.2) is 0 Å². The molecule has 1 aromatic heterocycles. The quantitative estimate of drug-likeness (QED) is 0.772. The van der Waals surface area contributed by atoms with Gasteiger partial charge in [0, 0.05) is 11.8 Å². The van der Waals surface area contributed by atoms with Crippen molar-refractivity contribution in [1.29, 1.82) is 0 Å². The van der Waals surface area contributed by atoms with Crippen molar-refractivity contribution in [3.05, 3.63) is 53.8 Å². The minimum atomic E-state index is -0.317. The van der Waals surface area contributed by atoms with Crippen molar-refractivity contribution >= 4 is 28.3 Å². The van der Waals surface area contributed by atoms with E-state index in [-0.39, 0.29) is 6.03 Å². The first kappa shape index (κ1) is 11.0. The molecule has 0 saturated heterocycles. The molecule has 1 N–H and O–H groups in total. The van der Waals surface area contributed by atoms with Crippen LogP contribution in [0.4, 0.5) is 16.2 Å². The van der Waals surface area contributed by atoms with Crippen molar-refractivity contribution < 1.29 is 9.32 Å². The Bertz CT molecular complexity index is 823. The Morgan fingerprint density at radius 1 is 1.15 bits per heavy atom. The summed E-state index contributed by atoms with van der Waals surface area (Å²) >= 11 is 0. The zero-order chi connectivity index (χ0) is 13.5. The molecule has 0 unspecified atom stereocenters. The van der Waals surface area contributed by atoms with Gasteiger partial charge in [-0.1, -0.05) is 23.4 Å². The molecule has 1 radical (unpaired) electrons. The zero-order valence-corrected chi connectivity index (χ0v) is 10.5. The van der Waals surface area contributed by atoms with Gasteiger partial charge in [-0.3, -0.25) is 0 Å². The fourth-order valence-corrected chi connectivity index (χ4v) is 2.39. The van der Waals surface area contributed by atoms with Crippen LogP contribution in [0.3, 0.4) is 0 Å². The van der Waals surface area contributed by atoms with E-state index < -0.39 is 0 Å². The average Bonchev–Trinajstić information content (AvgIpc) is 3.02. The minimum absolute atomic E-state index is 0.317. The second kappa shape index (κ2) is 4.09. The second-order valence-electron chi connectivity index (χ2n) is 4.69. The van der Waals surface area contributed by atoms with Crippen LogP contribution in [0.5, 0.6) is 0 Å². The number of benzene rings is 2. The molecule has 1 aliphatic heterocycles. The highest BCUT2D eigenvalue weighted by Gasteiger charge is 2.19. The van der Waals surface area contributed by atoms with Gasteiger partial charge < -0.3 is 9.84 Å². The molecule has 2 aromatic carbocycles. The third-order valence-corrected chi connectivity index (χ3v) is 3.35. The largest absolute Gasteiger partial charge is 0.360 e. The number of amides is 2. The van der Waals surface area contributed by atoms with Crippen molar-refractivity contribution in [3.63, 3.8) is 0 Å². The summed E-state index contributed by atoms with van der Waals surface area (Å²) in [6.45, 7) is 0. The van der Waals surface area contributed by atoms with E-state index in [1.54, 1.807) is 0 Å². The number of nitrogens with one attached hydrogen (secondary N) is 1. The molecule has 0 aliphatic carbocycles. The number of anilines is 1. The molecule has 2 amide bonds. The lowest BCUT2D eigenvalue weighted by Crippen LogP contribution is -2.08. The van der Waals surface area contributed by atoms with Crippen LogP contribution in [0.1, 0.15) is 11.3 Å². The Hall–Kier alpha value is -2.82. The Kier molecular flexibility index (Phi) is 2.26. The highest BCUT2D eigenvalue weighted by Crippen LogP contribution is 2.30. The number of carbonyl (C=O) groups is 1. The predicted molar refractivity (Wildman–Crippen MR) is 74.1 cm³/mol. The highest BCUT2D eigenvalue weighted by molar-refractivity contribution is 6.02. The molecule has 5 heteroatoms. The first-order valence-corrected chi connectivity index (χ1v) is 6.28. The Morgan fingerprint density at radius 3 is 3.00 bits per heavy atom. The van der Waals surface area contributed by atoms with E-state index in [0.717, 1.165) is 27.9 Å². The number of hydrogen-bond donors (Lipinski definition) is 1. The Balaban J connectivity index is 1.70. The van der Waals surface area contributed by atoms with Crippen LogP contribution in [-0.2, 0) is 6.42 Å². The maximum absolute atomic E-state index is 11.2. The summed E-state index contributed by atoms with van der Waals surface area (Å²) in [5.74, 6) is 0.817. The van der Waals surface area contributed by atoms with Crippen molar-refractivity contribution in [1.82, 2.24) is 10.5 Å². The molecule has 97 valence electrons. The molecule has 5 nitrogen and oxygen atoms in total. The Morgan fingerprint density at radius 2 is 2.05 bits per heavy atom. The topological polar surface area (TPSA) is 69.2 Å². The van der Waals surface area contributed by atoms with Crippen molar-refractivity contribution in [2.75, 3.05) is 5.32 Å². The molecule has 3 aromatic rings. The van der Waals surface area contributed by atoms with E-state index in [1.807, 2.05) is 42.5 Å². The van der Waals surface area contributed by atoms with E-state index >= 15 is 0 Å². The van der Waals surface area contributed by atoms with Gasteiger partial charge in [0.05, 0.1) is 11.4 Å². The third-order valence-electron chi connectivity index (χ3n) is 3.35. The van der Waals surface area contributed by atoms with Crippen LogP contribution in [0, 0.1) is 0 Å². The first-order chi connectivity index (χ1) is 9.79. The molecule has 0 atom stereocenters. The van der Waals surface area contributed by atoms with Gasteiger partial charge in [0.1, 0.15) is 11.3 Å². The smallest absolute Gasteiger partial charge is 0.346 e. The molecule has 20 heavy (non-hydrogen) atoms. The fraction of sp³-hybridized carbons (Fsp3) is 0.0667. The number of hydrogen-bond acceptors (Lipinski definition) is 3. The summed E-state index contributed by atoms with van der Waals surface area (Å²) < 4.78 is 5.40. The van der Waals surface area contributed by atoms with Crippen molar-refractivity contribution in [2.24, 2.45) is 0 Å². The van der Waals surface area contributed by atoms with Gasteiger partial charge in [0.2, 0.25) is 0 Å². The number of carbonyl (C=O) groups excluding carboxylic acids is 1. The average molecular weight is 264 g/mol. The molecule has 4 rings (SSSR count). The molecular formula is C15H10N3O2. The second-order valence-corrected chi connectivity index (χ2v) is 4.69. The maximum Gasteiger partial charge on any atom is 0.346 e. The Labute approximate surface area is 114 Å². The normalized spacial score (nSPS) is 13.1. The monoisotopic (exact) mass is 264 g/mol. The molecular weight excluding hydrogens is 254 g/mol. The maximum atomic E-state index is 11.2. The molecule has 0 saturated carbocycles. The van der Waals surface area contributed by atoms with Gasteiger partial charge in [-0.2, -0.15) is 5.32 Å². The van der Waals surface area contributed by atoms with Gasteiger partial charge in [-0.15, -0.1) is 0 Å². The molecule has 0 fully saturated rings. The van der Waals surface area contributed by atoms with E-state index in [4.69, 9.17) is 4.52 Å². The lowest BCUT2D eigenvalue weighted by atomic mass is 10.1. The van der Waals surface area contributed by atoms with Crippen molar-refractivity contribution in [2.45, 2.75) is 6.42 Å². The summed E-state index contributed by atoms with van der Waals surface area (Å²) in [5, 5.41) is 11.6. The van der Waals surface area contributed by atoms with E-state index in [1.165, 1.54) is 0 Å². The fourth-order valence-electron chi connectivity index (χ4n) is 2.39. The lowest BCUT2D eigenvalue weighted by Gasteiger charge is -2.01. The SMILES string of the molecule is O=C1[N]c2cc(Cc3onc4ccccc34)ccc2N1. The van der Waals surface area contributed by atoms with Crippen LogP contribution in [0.15, 0.2) is 47.0 Å². The number of aromatic nitrogens is 1. The van der Waals surface area contributed by atoms with Gasteiger partial charge in [0.25, 0.3) is 0 Å². The van der Waals surface area contributed by atoms with E-state index in [9.17, 15) is 4.79 Å². The first-order valence-electron chi connectivity index (χ1n) is 6.28. The van der Waals surface area contributed by atoms with Crippen LogP contribution in [-0.4, -0.2) is 11.2 Å². The molecule has 1 aliphatic rings. The molecule has 0 bridgehead atoms. The lowest BCUT2D eigenvalue weighted by molar-refractivity contribution is 0.256. The minimum Gasteiger partial charge on any atom is -0.360 e. The molecule has 0 spiro atoms. The third kappa shape index (κ3) is 1.72. The van der Waals surface area contributed by atoms with Crippen LogP contribution in [0.25, 0.3) is 10.9 Å². The summed E-state index contributed by atoms with van der Waals surface area (Å²) in [4.78, 5) is 11.2. The summed E-state index contributed by atoms with van der Waals surface area (Å²) in [6.07, 6.45) is 0.623. The van der Waals surface area contributed by atoms with Gasteiger partial charge in [-0.05, 0) is 29.8 Å². The summed E-state index contributed by atoms with van der Waals surface area (Å²) in [6, 6.07) is 13.2. The standard InChI is InChI=1S/C15H10N3O2/c19-15-16-12-6-5-9(7-13(12)17-15)8-14-10-3-1-2-4-11(10)18-20-14/h1-7H,8H2,(H,16,19). The van der Waals surface area contributed by atoms with Gasteiger partial charge in [-0.25, -0.2) is 4.79 Å². The number of nitrogens with zero attached hydrogens (tertiary/aromatic N) is 2. The molecule has 2 heterocycles. The summed E-state index contributed by atoms with van der Waals surface area (Å²) in [7, 11) is 0. The zero-order valence-electron chi connectivity index (χ0n) is 10.5. The summed E-state index contributed by atoms with van der Waals surface area (Å²) in [5.41, 5.74) is 3.31. The number of urea groups is 1. The predicted octanol–water partition coefficient (Wildman–Crippen LogP) is 3.20. The number of rotatable bonds is 2. The van der Waals surface area contributed by atoms with E-state index in [0.29, 0.717) is 12.1 Å². The van der Waals surface area contributed by atoms with Crippen LogP contribution in [0.2, 0.25) is 0 Å². The van der Waals surface area contributed by atoms with E-state index in [2.05, 4.69) is 15.8 Å². The van der Waals surface area contributed by atoms with Crippen LogP contribution >= 0.6 is 0 Å². The van der Waals surface area contributed by atoms with Crippen LogP contribution < -0.4 is 10.6 Å². The van der Waals surface area contributed by atoms with Gasteiger partial charge >= 0.3 is 6.03 Å².